The first kappa shape index (κ1) is 16.7. The molecule has 1 unspecified atom stereocenters. The third-order valence-corrected chi connectivity index (χ3v) is 5.23. The van der Waals surface area contributed by atoms with Gasteiger partial charge in [-0.05, 0) is 30.2 Å². The minimum absolute atomic E-state index is 0.0948. The Morgan fingerprint density at radius 1 is 1.50 bits per heavy atom. The van der Waals surface area contributed by atoms with Gasteiger partial charge in [-0.15, -0.1) is 11.3 Å². The van der Waals surface area contributed by atoms with Crippen LogP contribution >= 0.6 is 11.3 Å². The Morgan fingerprint density at radius 3 is 3.12 bits per heavy atom. The Balaban J connectivity index is 1.54. The van der Waals surface area contributed by atoms with E-state index in [4.69, 9.17) is 0 Å². The molecule has 2 aromatic rings. The standard InChI is InChI=1S/C17H22N4O2S/c1-20-17(23)9-14(10-19-20)21-6-2-4-13(12-21)8-16(22)18-11-15-5-3-7-24-15/h3,5,7,9-10,13H,2,4,6,8,11-12H2,1H3,(H,18,22). The second-order valence-electron chi connectivity index (χ2n) is 6.19. The average Bonchev–Trinajstić information content (AvgIpc) is 3.09. The molecule has 1 aliphatic heterocycles. The number of hydrogen-bond donors (Lipinski definition) is 1. The molecule has 128 valence electrons. The number of rotatable bonds is 5. The molecule has 0 aliphatic carbocycles. The number of amides is 1. The summed E-state index contributed by atoms with van der Waals surface area (Å²) in [6.45, 7) is 2.30. The van der Waals surface area contributed by atoms with E-state index in [0.29, 0.717) is 18.9 Å². The van der Waals surface area contributed by atoms with E-state index < -0.39 is 0 Å². The summed E-state index contributed by atoms with van der Waals surface area (Å²) in [4.78, 5) is 27.2. The van der Waals surface area contributed by atoms with Gasteiger partial charge >= 0.3 is 0 Å². The molecule has 1 saturated heterocycles. The molecule has 6 nitrogen and oxygen atoms in total. The topological polar surface area (TPSA) is 67.2 Å². The fourth-order valence-electron chi connectivity index (χ4n) is 3.03. The Hall–Kier alpha value is -2.15. The lowest BCUT2D eigenvalue weighted by atomic mass is 9.94. The number of carbonyl (C=O) groups excluding carboxylic acids is 1. The summed E-state index contributed by atoms with van der Waals surface area (Å²) in [6, 6.07) is 5.63. The Bertz CT molecular complexity index is 741. The number of thiophene rings is 1. The summed E-state index contributed by atoms with van der Waals surface area (Å²) in [5.41, 5.74) is 0.741. The van der Waals surface area contributed by atoms with Gasteiger partial charge in [0.05, 0.1) is 18.4 Å². The quantitative estimate of drug-likeness (QED) is 0.896. The van der Waals surface area contributed by atoms with Crippen LogP contribution in [-0.4, -0.2) is 28.8 Å². The highest BCUT2D eigenvalue weighted by Gasteiger charge is 2.23. The van der Waals surface area contributed by atoms with Gasteiger partial charge in [-0.25, -0.2) is 4.68 Å². The summed E-state index contributed by atoms with van der Waals surface area (Å²) in [7, 11) is 1.64. The lowest BCUT2D eigenvalue weighted by Crippen LogP contribution is -2.38. The van der Waals surface area contributed by atoms with Crippen molar-refractivity contribution in [2.75, 3.05) is 18.0 Å². The largest absolute Gasteiger partial charge is 0.370 e. The van der Waals surface area contributed by atoms with Crippen LogP contribution in [-0.2, 0) is 18.4 Å². The van der Waals surface area contributed by atoms with E-state index >= 15 is 0 Å². The van der Waals surface area contributed by atoms with Crippen LogP contribution in [0.5, 0.6) is 0 Å². The van der Waals surface area contributed by atoms with Gasteiger partial charge in [0.25, 0.3) is 5.56 Å². The SMILES string of the molecule is Cn1ncc(N2CCCC(CC(=O)NCc3cccs3)C2)cc1=O. The number of hydrogen-bond acceptors (Lipinski definition) is 5. The van der Waals surface area contributed by atoms with Gasteiger partial charge in [-0.3, -0.25) is 9.59 Å². The molecule has 0 bridgehead atoms. The minimum Gasteiger partial charge on any atom is -0.370 e. The number of nitrogens with one attached hydrogen (secondary N) is 1. The Kier molecular flexibility index (Phi) is 5.30. The minimum atomic E-state index is -0.108. The molecule has 1 amide bonds. The highest BCUT2D eigenvalue weighted by atomic mass is 32.1. The highest BCUT2D eigenvalue weighted by Crippen LogP contribution is 2.23. The smallest absolute Gasteiger partial charge is 0.268 e. The summed E-state index contributed by atoms with van der Waals surface area (Å²) >= 11 is 1.65. The molecule has 7 heteroatoms. The van der Waals surface area contributed by atoms with Crippen LogP contribution in [0.25, 0.3) is 0 Å². The molecule has 1 fully saturated rings. The van der Waals surface area contributed by atoms with Crippen molar-refractivity contribution in [1.29, 1.82) is 0 Å². The lowest BCUT2D eigenvalue weighted by molar-refractivity contribution is -0.122. The molecule has 0 spiro atoms. The Morgan fingerprint density at radius 2 is 2.38 bits per heavy atom. The number of anilines is 1. The zero-order valence-electron chi connectivity index (χ0n) is 13.8. The van der Waals surface area contributed by atoms with Gasteiger partial charge in [0, 0.05) is 37.5 Å². The first-order valence-electron chi connectivity index (χ1n) is 8.19. The van der Waals surface area contributed by atoms with Crippen LogP contribution in [0.3, 0.4) is 0 Å². The van der Waals surface area contributed by atoms with Crippen LogP contribution in [0.2, 0.25) is 0 Å². The van der Waals surface area contributed by atoms with Gasteiger partial charge in [0.1, 0.15) is 0 Å². The maximum atomic E-state index is 12.2. The molecule has 24 heavy (non-hydrogen) atoms. The second kappa shape index (κ2) is 7.61. The van der Waals surface area contributed by atoms with E-state index in [9.17, 15) is 9.59 Å². The number of piperidine rings is 1. The Labute approximate surface area is 145 Å². The third kappa shape index (κ3) is 4.23. The molecule has 1 N–H and O–H groups in total. The lowest BCUT2D eigenvalue weighted by Gasteiger charge is -2.33. The van der Waals surface area contributed by atoms with Gasteiger partial charge in [0.15, 0.2) is 0 Å². The normalized spacial score (nSPS) is 17.7. The highest BCUT2D eigenvalue weighted by molar-refractivity contribution is 7.09. The molecule has 3 heterocycles. The molecular weight excluding hydrogens is 324 g/mol. The predicted molar refractivity (Wildman–Crippen MR) is 95.2 cm³/mol. The van der Waals surface area contributed by atoms with Crippen LogP contribution in [0, 0.1) is 5.92 Å². The van der Waals surface area contributed by atoms with Crippen molar-refractivity contribution in [2.24, 2.45) is 13.0 Å². The maximum absolute atomic E-state index is 12.2. The number of aryl methyl sites for hydroxylation is 1. The van der Waals surface area contributed by atoms with Crippen molar-refractivity contribution >= 4 is 22.9 Å². The summed E-state index contributed by atoms with van der Waals surface area (Å²) in [5.74, 6) is 0.406. The van der Waals surface area contributed by atoms with Crippen molar-refractivity contribution < 1.29 is 4.79 Å². The molecule has 1 atom stereocenters. The third-order valence-electron chi connectivity index (χ3n) is 4.35. The van der Waals surface area contributed by atoms with Crippen molar-refractivity contribution in [1.82, 2.24) is 15.1 Å². The van der Waals surface area contributed by atoms with E-state index in [-0.39, 0.29) is 11.5 Å². The number of nitrogens with zero attached hydrogens (tertiary/aromatic N) is 3. The molecule has 0 saturated carbocycles. The van der Waals surface area contributed by atoms with Crippen LogP contribution < -0.4 is 15.8 Å². The zero-order chi connectivity index (χ0) is 16.9. The first-order chi connectivity index (χ1) is 11.6. The van der Waals surface area contributed by atoms with E-state index in [1.54, 1.807) is 30.6 Å². The molecule has 1 aliphatic rings. The van der Waals surface area contributed by atoms with Crippen LogP contribution in [0.15, 0.2) is 34.6 Å². The summed E-state index contributed by atoms with van der Waals surface area (Å²) in [6.07, 6.45) is 4.32. The molecule has 3 rings (SSSR count). The van der Waals surface area contributed by atoms with E-state index in [2.05, 4.69) is 15.3 Å². The van der Waals surface area contributed by atoms with Crippen LogP contribution in [0.1, 0.15) is 24.1 Å². The fourth-order valence-corrected chi connectivity index (χ4v) is 3.68. The number of carbonyl (C=O) groups is 1. The van der Waals surface area contributed by atoms with Crippen LogP contribution in [0.4, 0.5) is 5.69 Å². The van der Waals surface area contributed by atoms with Crippen molar-refractivity contribution in [3.05, 3.63) is 45.0 Å². The fraction of sp³-hybridized carbons (Fsp3) is 0.471. The molecule has 0 aromatic carbocycles. The zero-order valence-corrected chi connectivity index (χ0v) is 14.6. The first-order valence-corrected chi connectivity index (χ1v) is 9.07. The van der Waals surface area contributed by atoms with E-state index in [1.807, 2.05) is 17.5 Å². The molecule has 2 aromatic heterocycles. The van der Waals surface area contributed by atoms with E-state index in [0.717, 1.165) is 31.6 Å². The van der Waals surface area contributed by atoms with Gasteiger partial charge in [0.2, 0.25) is 5.91 Å². The van der Waals surface area contributed by atoms with Crippen molar-refractivity contribution in [3.8, 4) is 0 Å². The predicted octanol–water partition coefficient (Wildman–Crippen LogP) is 1.76. The van der Waals surface area contributed by atoms with E-state index in [1.165, 1.54) is 9.56 Å². The van der Waals surface area contributed by atoms with Crippen molar-refractivity contribution in [3.63, 3.8) is 0 Å². The van der Waals surface area contributed by atoms with Gasteiger partial charge in [-0.1, -0.05) is 6.07 Å². The average molecular weight is 346 g/mol. The summed E-state index contributed by atoms with van der Waals surface area (Å²) < 4.78 is 1.32. The maximum Gasteiger partial charge on any atom is 0.268 e. The number of aromatic nitrogens is 2. The molecule has 0 radical (unpaired) electrons. The monoisotopic (exact) mass is 346 g/mol. The van der Waals surface area contributed by atoms with Gasteiger partial charge in [-0.2, -0.15) is 5.10 Å². The molecular formula is C17H22N4O2S. The van der Waals surface area contributed by atoms with Gasteiger partial charge < -0.3 is 10.2 Å². The second-order valence-corrected chi connectivity index (χ2v) is 7.22. The summed E-state index contributed by atoms with van der Waals surface area (Å²) in [5, 5.41) is 9.09. The van der Waals surface area contributed by atoms with Crippen molar-refractivity contribution in [2.45, 2.75) is 25.8 Å².